The molecule has 1 aromatic heterocycles. The molecule has 0 aliphatic rings. The molecule has 1 heterocycles. The average Bonchev–Trinajstić information content (AvgIpc) is 2.61. The minimum Gasteiger partial charge on any atom is -0.282 e. The summed E-state index contributed by atoms with van der Waals surface area (Å²) in [4.78, 5) is 0. The fourth-order valence-corrected chi connectivity index (χ4v) is 1.88. The number of nitrogens with one attached hydrogen (secondary N) is 1. The molecule has 0 aliphatic heterocycles. The van der Waals surface area contributed by atoms with Crippen LogP contribution in [0.4, 0.5) is 0 Å². The fourth-order valence-electron chi connectivity index (χ4n) is 1.88. The molecule has 2 heteroatoms. The van der Waals surface area contributed by atoms with Crippen molar-refractivity contribution in [1.82, 2.24) is 10.2 Å². The van der Waals surface area contributed by atoms with Gasteiger partial charge in [0, 0.05) is 16.5 Å². The lowest BCUT2D eigenvalue weighted by Gasteiger charge is -1.97. The van der Waals surface area contributed by atoms with Crippen molar-refractivity contribution in [3.05, 3.63) is 42.1 Å². The maximum Gasteiger partial charge on any atom is 0.100 e. The third-order valence-corrected chi connectivity index (χ3v) is 2.64. The molecule has 0 fully saturated rings. The molecule has 0 saturated carbocycles. The van der Waals surface area contributed by atoms with Crippen LogP contribution in [-0.4, -0.2) is 10.2 Å². The number of H-pyrrole nitrogens is 1. The van der Waals surface area contributed by atoms with Crippen molar-refractivity contribution in [3.63, 3.8) is 0 Å². The number of nitrogens with zero attached hydrogens (tertiary/aromatic N) is 1. The zero-order valence-corrected chi connectivity index (χ0v) is 7.91. The number of benzene rings is 2. The van der Waals surface area contributed by atoms with Gasteiger partial charge >= 0.3 is 0 Å². The summed E-state index contributed by atoms with van der Waals surface area (Å²) in [7, 11) is 0. The Labute approximate surface area is 81.6 Å². The summed E-state index contributed by atoms with van der Waals surface area (Å²) >= 11 is 0. The van der Waals surface area contributed by atoms with Gasteiger partial charge in [-0.15, -0.1) is 0 Å². The van der Waals surface area contributed by atoms with E-state index in [0.29, 0.717) is 0 Å². The lowest BCUT2D eigenvalue weighted by molar-refractivity contribution is 1.07. The van der Waals surface area contributed by atoms with Crippen LogP contribution in [0.3, 0.4) is 0 Å². The third kappa shape index (κ3) is 0.880. The second kappa shape index (κ2) is 2.58. The van der Waals surface area contributed by atoms with E-state index in [2.05, 4.69) is 34.5 Å². The highest BCUT2D eigenvalue weighted by Crippen LogP contribution is 2.24. The van der Waals surface area contributed by atoms with Crippen LogP contribution in [0.15, 0.2) is 36.4 Å². The molecule has 14 heavy (non-hydrogen) atoms. The van der Waals surface area contributed by atoms with Gasteiger partial charge in [-0.25, -0.2) is 0 Å². The van der Waals surface area contributed by atoms with E-state index in [4.69, 9.17) is 0 Å². The van der Waals surface area contributed by atoms with Crippen molar-refractivity contribution >= 4 is 21.7 Å². The van der Waals surface area contributed by atoms with Gasteiger partial charge in [-0.2, -0.15) is 5.10 Å². The van der Waals surface area contributed by atoms with Crippen LogP contribution in [0.2, 0.25) is 0 Å². The first kappa shape index (κ1) is 7.56. The zero-order valence-electron chi connectivity index (χ0n) is 7.91. The van der Waals surface area contributed by atoms with Gasteiger partial charge in [0.25, 0.3) is 0 Å². The highest BCUT2D eigenvalue weighted by molar-refractivity contribution is 6.05. The Morgan fingerprint density at radius 1 is 1.00 bits per heavy atom. The molecule has 0 bridgehead atoms. The van der Waals surface area contributed by atoms with Crippen molar-refractivity contribution in [2.45, 2.75) is 6.92 Å². The van der Waals surface area contributed by atoms with E-state index in [0.717, 1.165) is 11.2 Å². The molecular formula is C12H10N2. The van der Waals surface area contributed by atoms with Gasteiger partial charge in [0.1, 0.15) is 5.52 Å². The fraction of sp³-hybridized carbons (Fsp3) is 0.0833. The quantitative estimate of drug-likeness (QED) is 0.568. The molecule has 0 radical (unpaired) electrons. The molecule has 2 aromatic carbocycles. The minimum atomic E-state index is 1.07. The molecule has 0 saturated heterocycles. The summed E-state index contributed by atoms with van der Waals surface area (Å²) in [5, 5.41) is 11.0. The number of rotatable bonds is 0. The van der Waals surface area contributed by atoms with Gasteiger partial charge in [0.2, 0.25) is 0 Å². The van der Waals surface area contributed by atoms with Gasteiger partial charge in [-0.1, -0.05) is 36.4 Å². The smallest absolute Gasteiger partial charge is 0.100 e. The second-order valence-electron chi connectivity index (χ2n) is 3.53. The Hall–Kier alpha value is -1.83. The van der Waals surface area contributed by atoms with Crippen molar-refractivity contribution in [1.29, 1.82) is 0 Å². The molecule has 0 aliphatic carbocycles. The molecule has 3 rings (SSSR count). The summed E-state index contributed by atoms with van der Waals surface area (Å²) < 4.78 is 0. The van der Waals surface area contributed by atoms with E-state index in [1.807, 2.05) is 19.1 Å². The summed E-state index contributed by atoms with van der Waals surface area (Å²) in [6, 6.07) is 12.6. The molecular weight excluding hydrogens is 172 g/mol. The SMILES string of the molecule is Cc1[nH]nc2c1ccc1ccccc12. The van der Waals surface area contributed by atoms with Crippen LogP contribution in [-0.2, 0) is 0 Å². The van der Waals surface area contributed by atoms with Crippen LogP contribution in [0, 0.1) is 6.92 Å². The number of fused-ring (bicyclic) bond motifs is 3. The summed E-state index contributed by atoms with van der Waals surface area (Å²) in [6.07, 6.45) is 0. The van der Waals surface area contributed by atoms with Crippen molar-refractivity contribution in [2.24, 2.45) is 0 Å². The summed E-state index contributed by atoms with van der Waals surface area (Å²) in [6.45, 7) is 2.05. The molecule has 3 aromatic rings. The van der Waals surface area contributed by atoms with Crippen LogP contribution < -0.4 is 0 Å². The highest BCUT2D eigenvalue weighted by Gasteiger charge is 2.04. The Morgan fingerprint density at radius 2 is 1.86 bits per heavy atom. The Balaban J connectivity index is 2.61. The number of hydrogen-bond acceptors (Lipinski definition) is 1. The molecule has 0 atom stereocenters. The largest absolute Gasteiger partial charge is 0.282 e. The third-order valence-electron chi connectivity index (χ3n) is 2.64. The van der Waals surface area contributed by atoms with E-state index in [1.165, 1.54) is 16.2 Å². The summed E-state index contributed by atoms with van der Waals surface area (Å²) in [5.74, 6) is 0. The maximum atomic E-state index is 4.32. The van der Waals surface area contributed by atoms with E-state index in [9.17, 15) is 0 Å². The van der Waals surface area contributed by atoms with E-state index < -0.39 is 0 Å². The van der Waals surface area contributed by atoms with Gasteiger partial charge in [-0.3, -0.25) is 5.10 Å². The van der Waals surface area contributed by atoms with Gasteiger partial charge < -0.3 is 0 Å². The molecule has 2 nitrogen and oxygen atoms in total. The lowest BCUT2D eigenvalue weighted by atomic mass is 10.1. The Kier molecular flexibility index (Phi) is 1.39. The number of hydrogen-bond donors (Lipinski definition) is 1. The standard InChI is InChI=1S/C12H10N2/c1-8-10-7-6-9-4-2-3-5-11(9)12(10)14-13-8/h2-7H,1H3,(H,13,14). The van der Waals surface area contributed by atoms with Crippen molar-refractivity contribution in [3.8, 4) is 0 Å². The van der Waals surface area contributed by atoms with Crippen LogP contribution in [0.25, 0.3) is 21.7 Å². The number of aryl methyl sites for hydroxylation is 1. The monoisotopic (exact) mass is 182 g/mol. The van der Waals surface area contributed by atoms with Crippen LogP contribution in [0.1, 0.15) is 5.69 Å². The first-order valence-corrected chi connectivity index (χ1v) is 4.69. The predicted molar refractivity (Wildman–Crippen MR) is 58.3 cm³/mol. The van der Waals surface area contributed by atoms with Crippen molar-refractivity contribution < 1.29 is 0 Å². The highest BCUT2D eigenvalue weighted by atomic mass is 15.1. The van der Waals surface area contributed by atoms with E-state index >= 15 is 0 Å². The molecule has 68 valence electrons. The lowest BCUT2D eigenvalue weighted by Crippen LogP contribution is -1.74. The molecule has 0 spiro atoms. The van der Waals surface area contributed by atoms with E-state index in [1.54, 1.807) is 0 Å². The molecule has 1 N–H and O–H groups in total. The average molecular weight is 182 g/mol. The topological polar surface area (TPSA) is 28.7 Å². The second-order valence-corrected chi connectivity index (χ2v) is 3.53. The normalized spacial score (nSPS) is 11.2. The number of aromatic nitrogens is 2. The Morgan fingerprint density at radius 3 is 2.79 bits per heavy atom. The Bertz CT molecular complexity index is 608. The predicted octanol–water partition coefficient (Wildman–Crippen LogP) is 3.02. The van der Waals surface area contributed by atoms with Gasteiger partial charge in [0.05, 0.1) is 0 Å². The first-order valence-electron chi connectivity index (χ1n) is 4.69. The van der Waals surface area contributed by atoms with Crippen LogP contribution in [0.5, 0.6) is 0 Å². The maximum absolute atomic E-state index is 4.32. The number of aromatic amines is 1. The van der Waals surface area contributed by atoms with Gasteiger partial charge in [-0.05, 0) is 12.3 Å². The molecule has 0 amide bonds. The van der Waals surface area contributed by atoms with Crippen molar-refractivity contribution in [2.75, 3.05) is 0 Å². The minimum absolute atomic E-state index is 1.07. The van der Waals surface area contributed by atoms with Gasteiger partial charge in [0.15, 0.2) is 0 Å². The first-order chi connectivity index (χ1) is 6.86. The van der Waals surface area contributed by atoms with Crippen LogP contribution >= 0.6 is 0 Å². The zero-order chi connectivity index (χ0) is 9.54. The van der Waals surface area contributed by atoms with E-state index in [-0.39, 0.29) is 0 Å². The summed E-state index contributed by atoms with van der Waals surface area (Å²) in [5.41, 5.74) is 2.20. The molecule has 0 unspecified atom stereocenters.